The molecule has 2 aromatic rings. The minimum atomic E-state index is -0.410. The number of nitrogens with one attached hydrogen (secondary N) is 1. The number of benzene rings is 1. The van der Waals surface area contributed by atoms with Gasteiger partial charge in [-0.1, -0.05) is 48.2 Å². The van der Waals surface area contributed by atoms with Crippen molar-refractivity contribution < 1.29 is 9.53 Å². The van der Waals surface area contributed by atoms with E-state index in [4.69, 9.17) is 4.74 Å². The normalized spacial score (nSPS) is 9.40. The second-order valence-electron chi connectivity index (χ2n) is 4.02. The lowest BCUT2D eigenvalue weighted by molar-refractivity contribution is 0.140. The summed E-state index contributed by atoms with van der Waals surface area (Å²) in [4.78, 5) is 12.5. The smallest absolute Gasteiger partial charge is 0.407 e. The molecule has 0 saturated carbocycles. The highest BCUT2D eigenvalue weighted by molar-refractivity contribution is 7.10. The van der Waals surface area contributed by atoms with Crippen molar-refractivity contribution in [2.24, 2.45) is 0 Å². The largest absolute Gasteiger partial charge is 0.445 e. The molecule has 1 aromatic heterocycles. The van der Waals surface area contributed by atoms with Gasteiger partial charge in [-0.2, -0.15) is 0 Å². The van der Waals surface area contributed by atoms with Gasteiger partial charge in [-0.05, 0) is 17.0 Å². The standard InChI is InChI=1S/C16H15NO2S/c18-16(19-13-14-7-2-1-3-8-14)17-11-5-4-9-15-10-6-12-20-15/h1-3,6-8,10,12H,5,11,13H2,(H,17,18). The van der Waals surface area contributed by atoms with E-state index in [-0.39, 0.29) is 6.61 Å². The summed E-state index contributed by atoms with van der Waals surface area (Å²) >= 11 is 1.61. The molecule has 0 spiro atoms. The molecule has 1 N–H and O–H groups in total. The van der Waals surface area contributed by atoms with E-state index in [1.807, 2.05) is 47.8 Å². The minimum absolute atomic E-state index is 0.285. The third kappa shape index (κ3) is 5.17. The van der Waals surface area contributed by atoms with Crippen molar-refractivity contribution in [3.63, 3.8) is 0 Å². The van der Waals surface area contributed by atoms with Crippen LogP contribution in [0.25, 0.3) is 0 Å². The van der Waals surface area contributed by atoms with Gasteiger partial charge < -0.3 is 10.1 Å². The molecular weight excluding hydrogens is 270 g/mol. The molecule has 1 aromatic carbocycles. The van der Waals surface area contributed by atoms with Crippen LogP contribution in [-0.2, 0) is 11.3 Å². The van der Waals surface area contributed by atoms with E-state index < -0.39 is 6.09 Å². The Bertz CT molecular complexity index is 582. The fraction of sp³-hybridized carbons (Fsp3) is 0.188. The predicted octanol–water partition coefficient (Wildman–Crippen LogP) is 3.42. The zero-order valence-corrected chi connectivity index (χ0v) is 11.8. The highest BCUT2D eigenvalue weighted by Crippen LogP contribution is 2.05. The summed E-state index contributed by atoms with van der Waals surface area (Å²) in [6, 6.07) is 13.5. The number of carbonyl (C=O) groups excluding carboxylic acids is 1. The Morgan fingerprint density at radius 2 is 2.05 bits per heavy atom. The van der Waals surface area contributed by atoms with Crippen LogP contribution in [0, 0.1) is 11.8 Å². The number of rotatable bonds is 4. The zero-order chi connectivity index (χ0) is 14.0. The first-order chi connectivity index (χ1) is 9.84. The highest BCUT2D eigenvalue weighted by Gasteiger charge is 2.00. The molecule has 0 radical (unpaired) electrons. The van der Waals surface area contributed by atoms with Gasteiger partial charge in [0.25, 0.3) is 0 Å². The maximum absolute atomic E-state index is 11.4. The Labute approximate surface area is 122 Å². The molecule has 0 saturated heterocycles. The number of alkyl carbamates (subject to hydrolysis) is 1. The van der Waals surface area contributed by atoms with E-state index in [0.717, 1.165) is 10.4 Å². The molecule has 0 aliphatic carbocycles. The lowest BCUT2D eigenvalue weighted by atomic mass is 10.2. The maximum Gasteiger partial charge on any atom is 0.407 e. The average Bonchev–Trinajstić information content (AvgIpc) is 2.99. The molecule has 4 heteroatoms. The van der Waals surface area contributed by atoms with Crippen LogP contribution in [0.2, 0.25) is 0 Å². The Morgan fingerprint density at radius 1 is 1.20 bits per heavy atom. The van der Waals surface area contributed by atoms with E-state index >= 15 is 0 Å². The summed E-state index contributed by atoms with van der Waals surface area (Å²) < 4.78 is 5.08. The fourth-order valence-electron chi connectivity index (χ4n) is 1.50. The monoisotopic (exact) mass is 285 g/mol. The minimum Gasteiger partial charge on any atom is -0.445 e. The number of carbonyl (C=O) groups is 1. The van der Waals surface area contributed by atoms with Gasteiger partial charge in [-0.3, -0.25) is 0 Å². The number of hydrogen-bond acceptors (Lipinski definition) is 3. The molecule has 20 heavy (non-hydrogen) atoms. The van der Waals surface area contributed by atoms with Crippen LogP contribution in [0.4, 0.5) is 4.79 Å². The first-order valence-corrected chi connectivity index (χ1v) is 7.19. The molecule has 0 unspecified atom stereocenters. The molecule has 0 bridgehead atoms. The highest BCUT2D eigenvalue weighted by atomic mass is 32.1. The fourth-order valence-corrected chi connectivity index (χ4v) is 2.09. The van der Waals surface area contributed by atoms with Crippen LogP contribution >= 0.6 is 11.3 Å². The van der Waals surface area contributed by atoms with Crippen LogP contribution in [0.3, 0.4) is 0 Å². The van der Waals surface area contributed by atoms with Crippen molar-refractivity contribution >= 4 is 17.4 Å². The van der Waals surface area contributed by atoms with Crippen LogP contribution in [0.15, 0.2) is 47.8 Å². The molecular formula is C16H15NO2S. The molecule has 1 heterocycles. The number of hydrogen-bond donors (Lipinski definition) is 1. The van der Waals surface area contributed by atoms with Crippen LogP contribution in [-0.4, -0.2) is 12.6 Å². The Morgan fingerprint density at radius 3 is 2.80 bits per heavy atom. The Hall–Kier alpha value is -2.25. The molecule has 0 aliphatic heterocycles. The molecule has 2 rings (SSSR count). The maximum atomic E-state index is 11.4. The molecule has 102 valence electrons. The lowest BCUT2D eigenvalue weighted by Gasteiger charge is -2.05. The Kier molecular flexibility index (Phi) is 5.69. The Balaban J connectivity index is 1.61. The molecule has 1 amide bonds. The summed E-state index contributed by atoms with van der Waals surface area (Å²) in [7, 11) is 0. The van der Waals surface area contributed by atoms with Crippen LogP contribution in [0.1, 0.15) is 16.9 Å². The van der Waals surface area contributed by atoms with E-state index in [1.54, 1.807) is 11.3 Å². The summed E-state index contributed by atoms with van der Waals surface area (Å²) in [5, 5.41) is 4.66. The third-order valence-corrected chi connectivity index (χ3v) is 3.25. The van der Waals surface area contributed by atoms with Crippen molar-refractivity contribution in [3.8, 4) is 11.8 Å². The summed E-state index contributed by atoms with van der Waals surface area (Å²) in [6.45, 7) is 0.777. The van der Waals surface area contributed by atoms with Gasteiger partial charge in [0.05, 0.1) is 4.88 Å². The first-order valence-electron chi connectivity index (χ1n) is 6.31. The van der Waals surface area contributed by atoms with Crippen molar-refractivity contribution in [3.05, 3.63) is 58.3 Å². The van der Waals surface area contributed by atoms with E-state index in [2.05, 4.69) is 17.2 Å². The van der Waals surface area contributed by atoms with Crippen LogP contribution in [0.5, 0.6) is 0 Å². The molecule has 0 atom stereocenters. The molecule has 3 nitrogen and oxygen atoms in total. The van der Waals surface area contributed by atoms with E-state index in [9.17, 15) is 4.79 Å². The van der Waals surface area contributed by atoms with Crippen molar-refractivity contribution in [2.75, 3.05) is 6.54 Å². The van der Waals surface area contributed by atoms with Crippen molar-refractivity contribution in [1.29, 1.82) is 0 Å². The zero-order valence-electron chi connectivity index (χ0n) is 11.0. The summed E-state index contributed by atoms with van der Waals surface area (Å²) in [6.07, 6.45) is 0.199. The van der Waals surface area contributed by atoms with Gasteiger partial charge >= 0.3 is 6.09 Å². The van der Waals surface area contributed by atoms with E-state index in [1.165, 1.54) is 0 Å². The SMILES string of the molecule is O=C(NCCC#Cc1cccs1)OCc1ccccc1. The van der Waals surface area contributed by atoms with Crippen LogP contribution < -0.4 is 5.32 Å². The van der Waals surface area contributed by atoms with Gasteiger partial charge in [0, 0.05) is 13.0 Å². The average molecular weight is 285 g/mol. The number of thiophene rings is 1. The van der Waals surface area contributed by atoms with Gasteiger partial charge in [0.1, 0.15) is 6.61 Å². The second-order valence-corrected chi connectivity index (χ2v) is 4.97. The molecule has 0 aliphatic rings. The first kappa shape index (κ1) is 14.2. The topological polar surface area (TPSA) is 38.3 Å². The van der Waals surface area contributed by atoms with E-state index in [0.29, 0.717) is 13.0 Å². The summed E-state index contributed by atoms with van der Waals surface area (Å²) in [5.74, 6) is 6.04. The van der Waals surface area contributed by atoms with Crippen molar-refractivity contribution in [2.45, 2.75) is 13.0 Å². The van der Waals surface area contributed by atoms with Gasteiger partial charge in [-0.15, -0.1) is 11.3 Å². The summed E-state index contributed by atoms with van der Waals surface area (Å²) in [5.41, 5.74) is 0.972. The molecule has 0 fully saturated rings. The second kappa shape index (κ2) is 8.03. The lowest BCUT2D eigenvalue weighted by Crippen LogP contribution is -2.24. The number of amides is 1. The predicted molar refractivity (Wildman–Crippen MR) is 80.4 cm³/mol. The number of ether oxygens (including phenoxy) is 1. The third-order valence-electron chi connectivity index (χ3n) is 2.46. The quantitative estimate of drug-likeness (QED) is 0.690. The van der Waals surface area contributed by atoms with Crippen molar-refractivity contribution in [1.82, 2.24) is 5.32 Å². The van der Waals surface area contributed by atoms with Gasteiger partial charge in [0.15, 0.2) is 0 Å². The van der Waals surface area contributed by atoms with Gasteiger partial charge in [0.2, 0.25) is 0 Å². The van der Waals surface area contributed by atoms with Gasteiger partial charge in [-0.25, -0.2) is 4.79 Å².